The van der Waals surface area contributed by atoms with E-state index in [4.69, 9.17) is 21.1 Å². The van der Waals surface area contributed by atoms with Crippen LogP contribution in [0, 0.1) is 17.6 Å². The van der Waals surface area contributed by atoms with Crippen LogP contribution in [-0.2, 0) is 4.74 Å². The zero-order chi connectivity index (χ0) is 22.2. The van der Waals surface area contributed by atoms with Crippen molar-refractivity contribution < 1.29 is 23.0 Å². The molecule has 1 aromatic heterocycles. The molecule has 2 saturated heterocycles. The number of rotatable bonds is 0. The third-order valence-electron chi connectivity index (χ3n) is 6.39. The highest BCUT2D eigenvalue weighted by atomic mass is 79.9. The van der Waals surface area contributed by atoms with Gasteiger partial charge in [0.15, 0.2) is 17.4 Å². The third kappa shape index (κ3) is 3.26. The summed E-state index contributed by atoms with van der Waals surface area (Å²) in [5.74, 6) is -2.07. The van der Waals surface area contributed by atoms with Crippen molar-refractivity contribution in [3.05, 3.63) is 27.1 Å². The van der Waals surface area contributed by atoms with Crippen LogP contribution >= 0.6 is 27.5 Å². The molecule has 0 aliphatic carbocycles. The Morgan fingerprint density at radius 3 is 2.71 bits per heavy atom. The molecule has 2 fully saturated rings. The lowest BCUT2D eigenvalue weighted by Crippen LogP contribution is -2.53. The van der Waals surface area contributed by atoms with Crippen molar-refractivity contribution in [1.82, 2.24) is 14.9 Å². The first-order valence-electron chi connectivity index (χ1n) is 10.2. The lowest BCUT2D eigenvalue weighted by atomic mass is 9.78. The van der Waals surface area contributed by atoms with Crippen molar-refractivity contribution in [3.8, 4) is 5.75 Å². The summed E-state index contributed by atoms with van der Waals surface area (Å²) < 4.78 is 41.0. The fourth-order valence-corrected chi connectivity index (χ4v) is 5.81. The average molecular weight is 517 g/mol. The van der Waals surface area contributed by atoms with Gasteiger partial charge < -0.3 is 14.4 Å². The van der Waals surface area contributed by atoms with E-state index in [1.54, 1.807) is 4.90 Å². The molecule has 1 aromatic carbocycles. The van der Waals surface area contributed by atoms with Crippen LogP contribution in [0.1, 0.15) is 51.6 Å². The molecular formula is C21H21BrClF2N3O3. The molecule has 0 radical (unpaired) electrons. The Labute approximate surface area is 191 Å². The number of piperidine rings is 1. The summed E-state index contributed by atoms with van der Waals surface area (Å²) in [6.45, 7) is 5.67. The minimum absolute atomic E-state index is 0.0448. The maximum atomic E-state index is 15.0. The van der Waals surface area contributed by atoms with Gasteiger partial charge >= 0.3 is 6.09 Å². The molecule has 5 rings (SSSR count). The Balaban J connectivity index is 1.62. The minimum Gasteiger partial charge on any atom is -0.489 e. The molecule has 4 atom stereocenters. The zero-order valence-corrected chi connectivity index (χ0v) is 19.6. The maximum absolute atomic E-state index is 15.0. The number of aromatic nitrogens is 2. The van der Waals surface area contributed by atoms with Crippen LogP contribution in [0.4, 0.5) is 13.6 Å². The maximum Gasteiger partial charge on any atom is 0.410 e. The zero-order valence-electron chi connectivity index (χ0n) is 17.2. The quantitative estimate of drug-likeness (QED) is 0.337. The molecule has 0 saturated carbocycles. The second kappa shape index (κ2) is 7.13. The summed E-state index contributed by atoms with van der Waals surface area (Å²) in [5.41, 5.74) is -0.192. The van der Waals surface area contributed by atoms with Crippen molar-refractivity contribution in [1.29, 1.82) is 0 Å². The van der Waals surface area contributed by atoms with Gasteiger partial charge in [0.1, 0.15) is 11.1 Å². The molecule has 0 spiro atoms. The highest BCUT2D eigenvalue weighted by Gasteiger charge is 2.53. The Morgan fingerprint density at radius 1 is 1.26 bits per heavy atom. The first kappa shape index (κ1) is 21.1. The molecule has 0 N–H and O–H groups in total. The predicted molar refractivity (Wildman–Crippen MR) is 113 cm³/mol. The van der Waals surface area contributed by atoms with Crippen molar-refractivity contribution in [2.45, 2.75) is 63.6 Å². The van der Waals surface area contributed by atoms with E-state index in [9.17, 15) is 13.6 Å². The summed E-state index contributed by atoms with van der Waals surface area (Å²) in [5, 5.41) is 0.119. The topological polar surface area (TPSA) is 64.5 Å². The van der Waals surface area contributed by atoms with Crippen molar-refractivity contribution in [2.75, 3.05) is 6.61 Å². The van der Waals surface area contributed by atoms with Crippen LogP contribution in [-0.4, -0.2) is 45.3 Å². The molecule has 6 nitrogen and oxygen atoms in total. The fourth-order valence-electron chi connectivity index (χ4n) is 5.27. The standard InChI is InChI=1S/C21H21BrClF2N3O3/c1-21(2,3)31-20(29)28-8-4-5-11(28)10-7-30-18-12-16(9(10)6-8)26-19(23)27-17(12)14(24)13(22)15(18)25/h8-11H,4-7H2,1-3H3/t8-,9?,10+,11+/m1/s1. The van der Waals surface area contributed by atoms with Gasteiger partial charge in [-0.1, -0.05) is 0 Å². The molecule has 4 heterocycles. The van der Waals surface area contributed by atoms with Crippen molar-refractivity contribution in [3.63, 3.8) is 0 Å². The van der Waals surface area contributed by atoms with Gasteiger partial charge in [0, 0.05) is 23.9 Å². The molecule has 2 aromatic rings. The van der Waals surface area contributed by atoms with Crippen LogP contribution in [0.25, 0.3) is 10.9 Å². The monoisotopic (exact) mass is 515 g/mol. The van der Waals surface area contributed by atoms with Gasteiger partial charge in [-0.3, -0.25) is 0 Å². The first-order valence-corrected chi connectivity index (χ1v) is 11.4. The number of fused-ring (bicyclic) bond motifs is 5. The number of halogens is 4. The van der Waals surface area contributed by atoms with Gasteiger partial charge in [0.2, 0.25) is 5.28 Å². The van der Waals surface area contributed by atoms with E-state index in [1.165, 1.54) is 0 Å². The number of carbonyl (C=O) groups is 1. The van der Waals surface area contributed by atoms with Gasteiger partial charge in [0.05, 0.1) is 22.2 Å². The summed E-state index contributed by atoms with van der Waals surface area (Å²) in [7, 11) is 0. The number of carbonyl (C=O) groups excluding carboxylic acids is 1. The first-order chi connectivity index (χ1) is 14.6. The number of ether oxygens (including phenoxy) is 2. The molecule has 1 unspecified atom stereocenters. The second-order valence-electron chi connectivity index (χ2n) is 9.38. The lowest BCUT2D eigenvalue weighted by Gasteiger charge is -2.43. The molecular weight excluding hydrogens is 496 g/mol. The fraction of sp³-hybridized carbons (Fsp3) is 0.571. The Kier molecular flexibility index (Phi) is 4.86. The molecule has 31 heavy (non-hydrogen) atoms. The van der Waals surface area contributed by atoms with Gasteiger partial charge in [0.25, 0.3) is 0 Å². The van der Waals surface area contributed by atoms with E-state index < -0.39 is 17.2 Å². The SMILES string of the molecule is CC(C)(C)OC(=O)N1[C@@H]2CC[C@H]1[C@H]1COc3c(F)c(Br)c(F)c4nc(Cl)nc(c34)C1C2. The molecule has 3 aliphatic heterocycles. The van der Waals surface area contributed by atoms with Gasteiger partial charge in [-0.25, -0.2) is 23.5 Å². The highest BCUT2D eigenvalue weighted by molar-refractivity contribution is 9.10. The highest BCUT2D eigenvalue weighted by Crippen LogP contribution is 2.52. The van der Waals surface area contributed by atoms with Gasteiger partial charge in [-0.2, -0.15) is 0 Å². The van der Waals surface area contributed by atoms with Crippen LogP contribution in [0.3, 0.4) is 0 Å². The average Bonchev–Trinajstić information content (AvgIpc) is 2.91. The van der Waals surface area contributed by atoms with Crippen LogP contribution in [0.2, 0.25) is 5.28 Å². The molecule has 2 bridgehead atoms. The Bertz CT molecular complexity index is 1110. The Morgan fingerprint density at radius 2 is 2.00 bits per heavy atom. The predicted octanol–water partition coefficient (Wildman–Crippen LogP) is 5.59. The second-order valence-corrected chi connectivity index (χ2v) is 10.5. The third-order valence-corrected chi connectivity index (χ3v) is 7.25. The summed E-state index contributed by atoms with van der Waals surface area (Å²) in [4.78, 5) is 23.2. The molecule has 3 aliphatic rings. The summed E-state index contributed by atoms with van der Waals surface area (Å²) in [6, 6.07) is -0.190. The van der Waals surface area contributed by atoms with E-state index in [0.717, 1.165) is 12.8 Å². The van der Waals surface area contributed by atoms with Gasteiger partial charge in [-0.05, 0) is 67.6 Å². The number of benzene rings is 1. The number of amides is 1. The van der Waals surface area contributed by atoms with Crippen LogP contribution in [0.15, 0.2) is 4.47 Å². The smallest absolute Gasteiger partial charge is 0.410 e. The minimum atomic E-state index is -0.835. The van der Waals surface area contributed by atoms with E-state index in [2.05, 4.69) is 25.9 Å². The largest absolute Gasteiger partial charge is 0.489 e. The van der Waals surface area contributed by atoms with E-state index in [-0.39, 0.29) is 63.0 Å². The molecule has 1 amide bonds. The number of nitrogens with zero attached hydrogens (tertiary/aromatic N) is 3. The van der Waals surface area contributed by atoms with Crippen LogP contribution in [0.5, 0.6) is 5.75 Å². The Hall–Kier alpha value is -1.74. The van der Waals surface area contributed by atoms with E-state index in [1.807, 2.05) is 20.8 Å². The number of hydrogen-bond acceptors (Lipinski definition) is 5. The van der Waals surface area contributed by atoms with Crippen molar-refractivity contribution >= 4 is 44.5 Å². The summed E-state index contributed by atoms with van der Waals surface area (Å²) in [6.07, 6.45) is 1.85. The molecule has 166 valence electrons. The van der Waals surface area contributed by atoms with E-state index >= 15 is 0 Å². The number of hydrogen-bond donors (Lipinski definition) is 0. The lowest BCUT2D eigenvalue weighted by molar-refractivity contribution is -0.0104. The van der Waals surface area contributed by atoms with Crippen LogP contribution < -0.4 is 4.74 Å². The normalized spacial score (nSPS) is 27.0. The molecule has 10 heteroatoms. The van der Waals surface area contributed by atoms with E-state index in [0.29, 0.717) is 12.1 Å². The van der Waals surface area contributed by atoms with Gasteiger partial charge in [-0.15, -0.1) is 0 Å². The van der Waals surface area contributed by atoms with Crippen molar-refractivity contribution in [2.24, 2.45) is 5.92 Å². The summed E-state index contributed by atoms with van der Waals surface area (Å²) >= 11 is 9.10.